The highest BCUT2D eigenvalue weighted by molar-refractivity contribution is 7.10. The van der Waals surface area contributed by atoms with Crippen LogP contribution in [0, 0.1) is 0 Å². The van der Waals surface area contributed by atoms with Crippen LogP contribution < -0.4 is 10.9 Å². The molecule has 27 heavy (non-hydrogen) atoms. The molecule has 2 heterocycles. The van der Waals surface area contributed by atoms with Crippen molar-refractivity contribution in [1.29, 1.82) is 0 Å². The fraction of sp³-hybridized carbons (Fsp3) is 0.100. The van der Waals surface area contributed by atoms with Gasteiger partial charge < -0.3 is 5.32 Å². The Bertz CT molecular complexity index is 1150. The van der Waals surface area contributed by atoms with E-state index >= 15 is 0 Å². The third-order valence-electron chi connectivity index (χ3n) is 4.18. The van der Waals surface area contributed by atoms with Crippen molar-refractivity contribution in [3.05, 3.63) is 81.7 Å². The summed E-state index contributed by atoms with van der Waals surface area (Å²) in [6.07, 6.45) is 1.41. The zero-order valence-corrected chi connectivity index (χ0v) is 15.1. The molecule has 1 N–H and O–H groups in total. The lowest BCUT2D eigenvalue weighted by Crippen LogP contribution is -2.32. The Morgan fingerprint density at radius 3 is 2.67 bits per heavy atom. The first kappa shape index (κ1) is 17.1. The molecular weight excluding hydrogens is 360 g/mol. The predicted octanol–water partition coefficient (Wildman–Crippen LogP) is 2.84. The monoisotopic (exact) mass is 376 g/mol. The number of fused-ring (bicyclic) bond motifs is 1. The second-order valence-electron chi connectivity index (χ2n) is 5.96. The van der Waals surface area contributed by atoms with Crippen LogP contribution in [0.3, 0.4) is 0 Å². The van der Waals surface area contributed by atoms with Gasteiger partial charge in [-0.25, -0.2) is 9.97 Å². The summed E-state index contributed by atoms with van der Waals surface area (Å²) in [5.41, 5.74) is 4.04. The molecule has 7 heteroatoms. The van der Waals surface area contributed by atoms with Crippen LogP contribution in [0.1, 0.15) is 4.88 Å². The summed E-state index contributed by atoms with van der Waals surface area (Å²) in [6.45, 7) is 0.291. The number of amides is 1. The van der Waals surface area contributed by atoms with Crippen LogP contribution in [-0.4, -0.2) is 20.4 Å². The molecule has 0 atom stereocenters. The van der Waals surface area contributed by atoms with Gasteiger partial charge in [0.05, 0.1) is 39.9 Å². The Hall–Kier alpha value is -3.32. The van der Waals surface area contributed by atoms with E-state index < -0.39 is 0 Å². The first-order valence-electron chi connectivity index (χ1n) is 8.41. The third-order valence-corrected chi connectivity index (χ3v) is 5.01. The van der Waals surface area contributed by atoms with Crippen LogP contribution >= 0.6 is 11.3 Å². The highest BCUT2D eigenvalue weighted by Gasteiger charge is 2.11. The Morgan fingerprint density at radius 1 is 1.04 bits per heavy atom. The normalized spacial score (nSPS) is 10.8. The van der Waals surface area contributed by atoms with Gasteiger partial charge in [-0.15, -0.1) is 11.3 Å². The Balaban J connectivity index is 1.47. The van der Waals surface area contributed by atoms with E-state index in [0.717, 1.165) is 16.1 Å². The summed E-state index contributed by atoms with van der Waals surface area (Å²) < 4.78 is 1.32. The van der Waals surface area contributed by atoms with Gasteiger partial charge >= 0.3 is 0 Å². The van der Waals surface area contributed by atoms with E-state index in [4.69, 9.17) is 0 Å². The largest absolute Gasteiger partial charge is 0.350 e. The van der Waals surface area contributed by atoms with Crippen molar-refractivity contribution in [1.82, 2.24) is 19.9 Å². The van der Waals surface area contributed by atoms with Crippen molar-refractivity contribution in [2.75, 3.05) is 0 Å². The second-order valence-corrected chi connectivity index (χ2v) is 6.90. The highest BCUT2D eigenvalue weighted by atomic mass is 32.1. The van der Waals surface area contributed by atoms with Crippen LogP contribution in [0.5, 0.6) is 0 Å². The molecule has 4 rings (SSSR count). The minimum absolute atomic E-state index is 0.0733. The van der Waals surface area contributed by atoms with Crippen LogP contribution in [0.2, 0.25) is 0 Å². The van der Waals surface area contributed by atoms with Gasteiger partial charge in [-0.2, -0.15) is 0 Å². The second kappa shape index (κ2) is 7.51. The molecule has 0 aliphatic heterocycles. The van der Waals surface area contributed by atoms with E-state index in [-0.39, 0.29) is 18.0 Å². The smallest absolute Gasteiger partial charge is 0.261 e. The van der Waals surface area contributed by atoms with Gasteiger partial charge in [0, 0.05) is 5.56 Å². The lowest BCUT2D eigenvalue weighted by atomic mass is 10.1. The van der Waals surface area contributed by atoms with Crippen molar-refractivity contribution in [3.63, 3.8) is 0 Å². The molecule has 0 aliphatic carbocycles. The standard InChI is InChI=1S/C20H16N4O2S/c25-18(11-24-12-22-16-9-5-4-8-15(16)20(24)26)21-10-17-19(23-13-27-17)14-6-2-1-3-7-14/h1-9,12-13H,10-11H2,(H,21,25). The minimum atomic E-state index is -0.249. The number of thiazole rings is 1. The van der Waals surface area contributed by atoms with Gasteiger partial charge in [0.25, 0.3) is 5.56 Å². The van der Waals surface area contributed by atoms with Crippen molar-refractivity contribution in [2.45, 2.75) is 13.1 Å². The molecule has 0 spiro atoms. The number of hydrogen-bond donors (Lipinski definition) is 1. The predicted molar refractivity (Wildman–Crippen MR) is 105 cm³/mol. The summed E-state index contributed by atoms with van der Waals surface area (Å²) in [5.74, 6) is -0.249. The van der Waals surface area contributed by atoms with Crippen molar-refractivity contribution in [2.24, 2.45) is 0 Å². The molecule has 0 saturated carbocycles. The Kier molecular flexibility index (Phi) is 4.76. The number of rotatable bonds is 5. The lowest BCUT2D eigenvalue weighted by Gasteiger charge is -2.08. The van der Waals surface area contributed by atoms with Crippen molar-refractivity contribution in [3.8, 4) is 11.3 Å². The molecule has 0 saturated heterocycles. The summed E-state index contributed by atoms with van der Waals surface area (Å²) in [6, 6.07) is 16.9. The zero-order chi connectivity index (χ0) is 18.6. The maximum absolute atomic E-state index is 12.5. The fourth-order valence-corrected chi connectivity index (χ4v) is 3.56. The average Bonchev–Trinajstić information content (AvgIpc) is 3.18. The van der Waals surface area contributed by atoms with Gasteiger partial charge in [-0.3, -0.25) is 14.2 Å². The molecule has 0 aliphatic rings. The van der Waals surface area contributed by atoms with Crippen LogP contribution in [0.15, 0.2) is 71.2 Å². The maximum atomic E-state index is 12.5. The number of benzene rings is 2. The minimum Gasteiger partial charge on any atom is -0.350 e. The van der Waals surface area contributed by atoms with Crippen LogP contribution in [0.25, 0.3) is 22.2 Å². The molecule has 2 aromatic carbocycles. The average molecular weight is 376 g/mol. The Morgan fingerprint density at radius 2 is 1.81 bits per heavy atom. The number of para-hydroxylation sites is 1. The van der Waals surface area contributed by atoms with Gasteiger partial charge in [0.1, 0.15) is 6.54 Å². The molecular formula is C20H16N4O2S. The quantitative estimate of drug-likeness (QED) is 0.581. The molecule has 6 nitrogen and oxygen atoms in total. The van der Waals surface area contributed by atoms with Gasteiger partial charge in [0.15, 0.2) is 0 Å². The molecule has 2 aromatic heterocycles. The molecule has 4 aromatic rings. The molecule has 0 unspecified atom stereocenters. The number of aromatic nitrogens is 3. The third kappa shape index (κ3) is 3.63. The van der Waals surface area contributed by atoms with Crippen molar-refractivity contribution >= 4 is 28.1 Å². The fourth-order valence-electron chi connectivity index (χ4n) is 2.84. The van der Waals surface area contributed by atoms with E-state index in [1.165, 1.54) is 22.2 Å². The first-order chi connectivity index (χ1) is 13.2. The summed E-state index contributed by atoms with van der Waals surface area (Å²) in [5, 5.41) is 3.36. The van der Waals surface area contributed by atoms with Crippen LogP contribution in [-0.2, 0) is 17.9 Å². The van der Waals surface area contributed by atoms with Gasteiger partial charge in [0.2, 0.25) is 5.91 Å². The number of nitrogens with zero attached hydrogens (tertiary/aromatic N) is 3. The van der Waals surface area contributed by atoms with E-state index in [0.29, 0.717) is 17.4 Å². The van der Waals surface area contributed by atoms with Gasteiger partial charge in [-0.1, -0.05) is 42.5 Å². The van der Waals surface area contributed by atoms with E-state index in [1.54, 1.807) is 23.7 Å². The number of carbonyl (C=O) groups excluding carboxylic acids is 1. The van der Waals surface area contributed by atoms with Crippen molar-refractivity contribution < 1.29 is 4.79 Å². The Labute approximate surface area is 159 Å². The summed E-state index contributed by atoms with van der Waals surface area (Å²) in [7, 11) is 0. The summed E-state index contributed by atoms with van der Waals surface area (Å²) >= 11 is 1.49. The lowest BCUT2D eigenvalue weighted by molar-refractivity contribution is -0.121. The van der Waals surface area contributed by atoms with Crippen LogP contribution in [0.4, 0.5) is 0 Å². The first-order valence-corrected chi connectivity index (χ1v) is 9.29. The summed E-state index contributed by atoms with van der Waals surface area (Å²) in [4.78, 5) is 34.4. The topological polar surface area (TPSA) is 76.9 Å². The number of carbonyl (C=O) groups is 1. The number of nitrogens with one attached hydrogen (secondary N) is 1. The molecule has 0 radical (unpaired) electrons. The van der Waals surface area contributed by atoms with E-state index in [2.05, 4.69) is 15.3 Å². The molecule has 0 bridgehead atoms. The van der Waals surface area contributed by atoms with E-state index in [1.807, 2.05) is 36.4 Å². The zero-order valence-electron chi connectivity index (χ0n) is 14.3. The molecule has 134 valence electrons. The molecule has 0 fully saturated rings. The van der Waals surface area contributed by atoms with E-state index in [9.17, 15) is 9.59 Å². The molecule has 1 amide bonds. The maximum Gasteiger partial charge on any atom is 0.261 e. The number of hydrogen-bond acceptors (Lipinski definition) is 5. The highest BCUT2D eigenvalue weighted by Crippen LogP contribution is 2.24. The van der Waals surface area contributed by atoms with Gasteiger partial charge in [-0.05, 0) is 12.1 Å². The SMILES string of the molecule is O=C(Cn1cnc2ccccc2c1=O)NCc1scnc1-c1ccccc1.